The first-order chi connectivity index (χ1) is 10.4. The van der Waals surface area contributed by atoms with Crippen molar-refractivity contribution in [2.75, 3.05) is 13.1 Å². The molecule has 0 saturated carbocycles. The average molecular weight is 317 g/mol. The minimum Gasteiger partial charge on any atom is -0.331 e. The van der Waals surface area contributed by atoms with Crippen molar-refractivity contribution in [2.24, 2.45) is 5.92 Å². The van der Waals surface area contributed by atoms with Gasteiger partial charge in [0.05, 0.1) is 12.5 Å². The molecule has 1 fully saturated rings. The second kappa shape index (κ2) is 5.77. The SMILES string of the molecule is O=C(NCc1nnc2n1CCC2)N1CCC[C@H](C(F)(F)F)C1. The van der Waals surface area contributed by atoms with Crippen molar-refractivity contribution >= 4 is 6.03 Å². The number of halogens is 3. The molecule has 1 aromatic heterocycles. The van der Waals surface area contributed by atoms with E-state index in [1.54, 1.807) is 0 Å². The Bertz CT molecular complexity index is 556. The molecule has 9 heteroatoms. The second-order valence-electron chi connectivity index (χ2n) is 5.77. The fourth-order valence-corrected chi connectivity index (χ4v) is 3.04. The van der Waals surface area contributed by atoms with Gasteiger partial charge in [0, 0.05) is 26.1 Å². The van der Waals surface area contributed by atoms with Crippen LogP contribution in [-0.2, 0) is 19.5 Å². The third-order valence-electron chi connectivity index (χ3n) is 4.26. The van der Waals surface area contributed by atoms with Crippen molar-refractivity contribution in [2.45, 2.75) is 44.9 Å². The fourth-order valence-electron chi connectivity index (χ4n) is 3.04. The number of carbonyl (C=O) groups excluding carboxylic acids is 1. The molecule has 0 radical (unpaired) electrons. The van der Waals surface area contributed by atoms with E-state index in [9.17, 15) is 18.0 Å². The monoisotopic (exact) mass is 317 g/mol. The third-order valence-corrected chi connectivity index (χ3v) is 4.26. The number of hydrogen-bond acceptors (Lipinski definition) is 3. The van der Waals surface area contributed by atoms with E-state index >= 15 is 0 Å². The summed E-state index contributed by atoms with van der Waals surface area (Å²) < 4.78 is 40.2. The molecule has 0 bridgehead atoms. The summed E-state index contributed by atoms with van der Waals surface area (Å²) in [7, 11) is 0. The highest BCUT2D eigenvalue weighted by Gasteiger charge is 2.42. The molecule has 1 saturated heterocycles. The first-order valence-corrected chi connectivity index (χ1v) is 7.45. The number of alkyl halides is 3. The van der Waals surface area contributed by atoms with E-state index in [0.717, 1.165) is 25.2 Å². The van der Waals surface area contributed by atoms with Gasteiger partial charge in [-0.05, 0) is 19.3 Å². The van der Waals surface area contributed by atoms with Crippen LogP contribution < -0.4 is 5.32 Å². The summed E-state index contributed by atoms with van der Waals surface area (Å²) in [6, 6.07) is -0.468. The number of amides is 2. The van der Waals surface area contributed by atoms with Gasteiger partial charge >= 0.3 is 12.2 Å². The van der Waals surface area contributed by atoms with E-state index in [1.165, 1.54) is 4.90 Å². The van der Waals surface area contributed by atoms with Crippen molar-refractivity contribution in [1.29, 1.82) is 0 Å². The zero-order valence-electron chi connectivity index (χ0n) is 12.1. The molecular weight excluding hydrogens is 299 g/mol. The number of likely N-dealkylation sites (tertiary alicyclic amines) is 1. The predicted molar refractivity (Wildman–Crippen MR) is 70.9 cm³/mol. The van der Waals surface area contributed by atoms with Crippen LogP contribution in [0, 0.1) is 5.92 Å². The lowest BCUT2D eigenvalue weighted by atomic mass is 9.98. The van der Waals surface area contributed by atoms with Gasteiger partial charge in [-0.2, -0.15) is 13.2 Å². The zero-order chi connectivity index (χ0) is 15.7. The van der Waals surface area contributed by atoms with Gasteiger partial charge in [-0.25, -0.2) is 4.79 Å². The van der Waals surface area contributed by atoms with Gasteiger partial charge < -0.3 is 14.8 Å². The van der Waals surface area contributed by atoms with E-state index in [4.69, 9.17) is 0 Å². The molecule has 0 unspecified atom stereocenters. The maximum absolute atomic E-state index is 12.8. The number of nitrogens with one attached hydrogen (secondary N) is 1. The number of aryl methyl sites for hydroxylation is 1. The maximum Gasteiger partial charge on any atom is 0.393 e. The molecule has 2 aliphatic rings. The van der Waals surface area contributed by atoms with Crippen LogP contribution in [0.3, 0.4) is 0 Å². The van der Waals surface area contributed by atoms with Crippen molar-refractivity contribution in [3.8, 4) is 0 Å². The topological polar surface area (TPSA) is 63.1 Å². The normalized spacial score (nSPS) is 21.8. The van der Waals surface area contributed by atoms with Crippen LogP contribution in [0.4, 0.5) is 18.0 Å². The quantitative estimate of drug-likeness (QED) is 0.903. The van der Waals surface area contributed by atoms with E-state index in [2.05, 4.69) is 15.5 Å². The Hall–Kier alpha value is -1.80. The van der Waals surface area contributed by atoms with Gasteiger partial charge in [0.15, 0.2) is 5.82 Å². The average Bonchev–Trinajstić information content (AvgIpc) is 3.07. The molecule has 1 aromatic rings. The van der Waals surface area contributed by atoms with Gasteiger partial charge in [-0.15, -0.1) is 10.2 Å². The molecule has 2 amide bonds. The van der Waals surface area contributed by atoms with E-state index < -0.39 is 18.1 Å². The molecule has 22 heavy (non-hydrogen) atoms. The number of urea groups is 1. The maximum atomic E-state index is 12.8. The van der Waals surface area contributed by atoms with Crippen molar-refractivity contribution < 1.29 is 18.0 Å². The van der Waals surface area contributed by atoms with Crippen molar-refractivity contribution in [3.05, 3.63) is 11.6 Å². The first kappa shape index (κ1) is 15.1. The highest BCUT2D eigenvalue weighted by atomic mass is 19.4. The van der Waals surface area contributed by atoms with Gasteiger partial charge in [0.25, 0.3) is 0 Å². The highest BCUT2D eigenvalue weighted by Crippen LogP contribution is 2.33. The van der Waals surface area contributed by atoms with Crippen LogP contribution in [0.1, 0.15) is 30.9 Å². The zero-order valence-corrected chi connectivity index (χ0v) is 12.1. The summed E-state index contributed by atoms with van der Waals surface area (Å²) in [5.74, 6) is 0.133. The molecule has 0 aromatic carbocycles. The van der Waals surface area contributed by atoms with Gasteiger partial charge in [-0.3, -0.25) is 0 Å². The van der Waals surface area contributed by atoms with E-state index in [-0.39, 0.29) is 19.5 Å². The van der Waals surface area contributed by atoms with Crippen LogP contribution in [0.2, 0.25) is 0 Å². The molecule has 2 aliphatic heterocycles. The number of rotatable bonds is 2. The minimum absolute atomic E-state index is 0.0883. The van der Waals surface area contributed by atoms with Gasteiger partial charge in [-0.1, -0.05) is 0 Å². The molecule has 0 spiro atoms. The molecule has 6 nitrogen and oxygen atoms in total. The molecule has 1 atom stereocenters. The minimum atomic E-state index is -4.24. The number of aromatic nitrogens is 3. The number of hydrogen-bond donors (Lipinski definition) is 1. The Balaban J connectivity index is 1.55. The molecule has 122 valence electrons. The Kier molecular flexibility index (Phi) is 3.96. The first-order valence-electron chi connectivity index (χ1n) is 7.45. The van der Waals surface area contributed by atoms with Crippen LogP contribution in [0.25, 0.3) is 0 Å². The predicted octanol–water partition coefficient (Wildman–Crippen LogP) is 1.71. The Labute approximate surface area is 125 Å². The number of piperidine rings is 1. The highest BCUT2D eigenvalue weighted by molar-refractivity contribution is 5.74. The third kappa shape index (κ3) is 3.02. The Morgan fingerprint density at radius 3 is 2.86 bits per heavy atom. The van der Waals surface area contributed by atoms with E-state index in [1.807, 2.05) is 4.57 Å². The lowest BCUT2D eigenvalue weighted by Crippen LogP contribution is -2.48. The molecule has 1 N–H and O–H groups in total. The van der Waals surface area contributed by atoms with Gasteiger partial charge in [0.2, 0.25) is 0 Å². The largest absolute Gasteiger partial charge is 0.393 e. The number of nitrogens with zero attached hydrogens (tertiary/aromatic N) is 4. The number of fused-ring (bicyclic) bond motifs is 1. The van der Waals surface area contributed by atoms with Gasteiger partial charge in [0.1, 0.15) is 5.82 Å². The van der Waals surface area contributed by atoms with Crippen molar-refractivity contribution in [1.82, 2.24) is 25.0 Å². The molecular formula is C13H18F3N5O. The number of carbonyl (C=O) groups is 1. The van der Waals surface area contributed by atoms with Crippen LogP contribution in [0.15, 0.2) is 0 Å². The summed E-state index contributed by atoms with van der Waals surface area (Å²) >= 11 is 0. The summed E-state index contributed by atoms with van der Waals surface area (Å²) in [6.07, 6.45) is -1.90. The Morgan fingerprint density at radius 1 is 1.27 bits per heavy atom. The summed E-state index contributed by atoms with van der Waals surface area (Å²) in [6.45, 7) is 1.11. The van der Waals surface area contributed by atoms with Crippen LogP contribution in [0.5, 0.6) is 0 Å². The second-order valence-corrected chi connectivity index (χ2v) is 5.77. The Morgan fingerprint density at radius 2 is 2.09 bits per heavy atom. The summed E-state index contributed by atoms with van der Waals surface area (Å²) in [4.78, 5) is 13.3. The van der Waals surface area contributed by atoms with Crippen LogP contribution >= 0.6 is 0 Å². The molecule has 0 aliphatic carbocycles. The smallest absolute Gasteiger partial charge is 0.331 e. The van der Waals surface area contributed by atoms with E-state index in [0.29, 0.717) is 18.8 Å². The lowest BCUT2D eigenvalue weighted by Gasteiger charge is -2.33. The van der Waals surface area contributed by atoms with Crippen LogP contribution in [-0.4, -0.2) is 45.0 Å². The molecule has 3 heterocycles. The molecule has 3 rings (SSSR count). The fraction of sp³-hybridized carbons (Fsp3) is 0.769. The standard InChI is InChI=1S/C13H18F3N5O/c14-13(15,16)9-3-1-5-20(8-9)12(22)17-7-11-19-18-10-4-2-6-21(10)11/h9H,1-8H2,(H,17,22)/t9-/m0/s1. The lowest BCUT2D eigenvalue weighted by molar-refractivity contribution is -0.184. The summed E-state index contributed by atoms with van der Waals surface area (Å²) in [5.41, 5.74) is 0. The summed E-state index contributed by atoms with van der Waals surface area (Å²) in [5, 5.41) is 10.7. The van der Waals surface area contributed by atoms with Crippen molar-refractivity contribution in [3.63, 3.8) is 0 Å².